The predicted molar refractivity (Wildman–Crippen MR) is 140 cm³/mol. The van der Waals surface area contributed by atoms with Crippen molar-refractivity contribution < 1.29 is 14.5 Å². The highest BCUT2D eigenvalue weighted by Gasteiger charge is 2.05. The van der Waals surface area contributed by atoms with Crippen LogP contribution in [0, 0.1) is 10.1 Å². The van der Waals surface area contributed by atoms with Gasteiger partial charge < -0.3 is 25.5 Å². The Balaban J connectivity index is 0.000000392. The van der Waals surface area contributed by atoms with Gasteiger partial charge in [-0.05, 0) is 54.1 Å². The van der Waals surface area contributed by atoms with Gasteiger partial charge in [0.2, 0.25) is 0 Å². The number of benzene rings is 3. The molecule has 0 aliphatic carbocycles. The van der Waals surface area contributed by atoms with E-state index in [0.717, 1.165) is 34.3 Å². The average Bonchev–Trinajstić information content (AvgIpc) is 3.39. The molecule has 36 heavy (non-hydrogen) atoms. The first-order chi connectivity index (χ1) is 17.5. The molecule has 1 heterocycles. The van der Waals surface area contributed by atoms with Crippen LogP contribution < -0.4 is 20.5 Å². The highest BCUT2D eigenvalue weighted by Crippen LogP contribution is 2.25. The fourth-order valence-corrected chi connectivity index (χ4v) is 2.72. The molecule has 0 aliphatic heterocycles. The van der Waals surface area contributed by atoms with Crippen LogP contribution in [0.4, 0.5) is 0 Å². The first-order valence-electron chi connectivity index (χ1n) is 11.2. The molecule has 0 saturated carbocycles. The van der Waals surface area contributed by atoms with Crippen molar-refractivity contribution >= 4 is 5.96 Å². The summed E-state index contributed by atoms with van der Waals surface area (Å²) in [4.78, 5) is 17.1. The van der Waals surface area contributed by atoms with Crippen molar-refractivity contribution in [3.63, 3.8) is 0 Å². The number of aromatic nitrogens is 2. The van der Waals surface area contributed by atoms with E-state index in [1.807, 2.05) is 105 Å². The van der Waals surface area contributed by atoms with Crippen molar-refractivity contribution in [1.82, 2.24) is 15.3 Å². The summed E-state index contributed by atoms with van der Waals surface area (Å²) >= 11 is 0. The average molecular weight is 491 g/mol. The number of H-pyrrole nitrogens is 1. The number of ether oxygens (including phenoxy) is 2. The molecule has 0 spiro atoms. The Labute approximate surface area is 210 Å². The van der Waals surface area contributed by atoms with Crippen LogP contribution in [0.15, 0.2) is 96.2 Å². The van der Waals surface area contributed by atoms with Crippen LogP contribution in [-0.4, -0.2) is 28.0 Å². The Hall–Kier alpha value is -4.86. The maximum atomic E-state index is 9.47. The Morgan fingerprint density at radius 2 is 1.53 bits per heavy atom. The van der Waals surface area contributed by atoms with Gasteiger partial charge >= 0.3 is 0 Å². The minimum absolute atomic E-state index is 0.199. The largest absolute Gasteiger partial charge is 0.486 e. The van der Waals surface area contributed by atoms with Gasteiger partial charge in [-0.25, -0.2) is 15.1 Å². The smallest absolute Gasteiger partial charge is 0.265 e. The van der Waals surface area contributed by atoms with Gasteiger partial charge in [0.15, 0.2) is 5.03 Å². The normalized spacial score (nSPS) is 10.1. The molecule has 1 aromatic heterocycles. The van der Waals surface area contributed by atoms with E-state index in [0.29, 0.717) is 6.61 Å². The molecule has 0 fully saturated rings. The molecule has 10 nitrogen and oxygen atoms in total. The topological polar surface area (TPSA) is 141 Å². The Morgan fingerprint density at radius 1 is 0.972 bits per heavy atom. The van der Waals surface area contributed by atoms with E-state index in [4.69, 9.17) is 15.2 Å². The van der Waals surface area contributed by atoms with Gasteiger partial charge in [-0.2, -0.15) is 0 Å². The lowest BCUT2D eigenvalue weighted by molar-refractivity contribution is -0.485. The quantitative estimate of drug-likeness (QED) is 0.140. The van der Waals surface area contributed by atoms with E-state index >= 15 is 0 Å². The van der Waals surface area contributed by atoms with Gasteiger partial charge in [0, 0.05) is 7.05 Å². The van der Waals surface area contributed by atoms with Crippen LogP contribution in [0.1, 0.15) is 19.7 Å². The van der Waals surface area contributed by atoms with E-state index in [9.17, 15) is 10.1 Å². The van der Waals surface area contributed by atoms with Crippen molar-refractivity contribution in [1.29, 1.82) is 0 Å². The number of hydrazone groups is 1. The van der Waals surface area contributed by atoms with Gasteiger partial charge in [0.25, 0.3) is 5.96 Å². The first kappa shape index (κ1) is 27.4. The summed E-state index contributed by atoms with van der Waals surface area (Å²) < 4.78 is 11.5. The number of nitro groups is 1. The summed E-state index contributed by atoms with van der Waals surface area (Å²) in [6.07, 6.45) is 1.82. The van der Waals surface area contributed by atoms with E-state index in [2.05, 4.69) is 20.4 Å². The highest BCUT2D eigenvalue weighted by atomic mass is 16.7. The van der Waals surface area contributed by atoms with Crippen LogP contribution in [0.2, 0.25) is 0 Å². The summed E-state index contributed by atoms with van der Waals surface area (Å²) in [6, 6.07) is 27.4. The Morgan fingerprint density at radius 3 is 2.06 bits per heavy atom. The van der Waals surface area contributed by atoms with E-state index in [1.54, 1.807) is 0 Å². The number of para-hydroxylation sites is 2. The third-order valence-corrected chi connectivity index (χ3v) is 4.34. The highest BCUT2D eigenvalue weighted by molar-refractivity contribution is 5.76. The molecule has 4 aromatic rings. The maximum Gasteiger partial charge on any atom is 0.265 e. The Bertz CT molecular complexity index is 1200. The molecule has 0 saturated heterocycles. The van der Waals surface area contributed by atoms with Crippen LogP contribution in [0.25, 0.3) is 11.3 Å². The van der Waals surface area contributed by atoms with Crippen molar-refractivity contribution in [2.45, 2.75) is 20.5 Å². The summed E-state index contributed by atoms with van der Waals surface area (Å²) in [5, 5.41) is 13.6. The number of rotatable bonds is 7. The van der Waals surface area contributed by atoms with Gasteiger partial charge in [-0.15, -0.1) is 0 Å². The van der Waals surface area contributed by atoms with E-state index in [-0.39, 0.29) is 5.96 Å². The number of imidazole rings is 1. The maximum absolute atomic E-state index is 9.47. The van der Waals surface area contributed by atoms with Crippen LogP contribution in [-0.2, 0) is 6.61 Å². The number of nitrogens with one attached hydrogen (secondary N) is 2. The third kappa shape index (κ3) is 9.56. The summed E-state index contributed by atoms with van der Waals surface area (Å²) in [6.45, 7) is 4.40. The molecular weight excluding hydrogens is 460 g/mol. The molecular formula is C26H30N6O4. The first-order valence-corrected chi connectivity index (χ1v) is 11.2. The zero-order valence-corrected chi connectivity index (χ0v) is 20.4. The lowest BCUT2D eigenvalue weighted by Crippen LogP contribution is -2.28. The second-order valence-electron chi connectivity index (χ2n) is 6.76. The molecule has 0 radical (unpaired) electrons. The molecule has 188 valence electrons. The molecule has 0 bridgehead atoms. The van der Waals surface area contributed by atoms with Crippen molar-refractivity contribution in [3.05, 3.63) is 107 Å². The molecule has 4 rings (SSSR count). The fourth-order valence-electron chi connectivity index (χ4n) is 2.72. The van der Waals surface area contributed by atoms with E-state index < -0.39 is 5.03 Å². The molecule has 3 aromatic carbocycles. The molecule has 10 heteroatoms. The fraction of sp³-hybridized carbons (Fsp3) is 0.154. The monoisotopic (exact) mass is 490 g/mol. The number of nitrogens with zero attached hydrogens (tertiary/aromatic N) is 3. The molecule has 0 unspecified atom stereocenters. The van der Waals surface area contributed by atoms with Gasteiger partial charge in [-0.1, -0.05) is 50.2 Å². The molecule has 0 amide bonds. The van der Waals surface area contributed by atoms with Gasteiger partial charge in [-0.3, -0.25) is 0 Å². The lowest BCUT2D eigenvalue weighted by Gasteiger charge is -2.06. The number of aromatic amines is 1. The van der Waals surface area contributed by atoms with E-state index in [1.165, 1.54) is 7.05 Å². The second-order valence-corrected chi connectivity index (χ2v) is 6.76. The number of hydrogen-bond donors (Lipinski definition) is 3. The number of nitrogens with two attached hydrogens (primary N) is 1. The Kier molecular flexibility index (Phi) is 11.5. The minimum Gasteiger partial charge on any atom is -0.486 e. The lowest BCUT2D eigenvalue weighted by atomic mass is 10.1. The SMILES string of the molecule is CC.CN/C(N)=N\[N+](=O)[O-].c1ccc(OCc2ncc(-c3ccc(Oc4ccccc4)cc3)[nH]2)cc1. The van der Waals surface area contributed by atoms with Crippen molar-refractivity contribution in [2.24, 2.45) is 10.8 Å². The number of hydrogen-bond acceptors (Lipinski definition) is 5. The summed E-state index contributed by atoms with van der Waals surface area (Å²) in [5.41, 5.74) is 6.86. The van der Waals surface area contributed by atoms with Crippen LogP contribution in [0.3, 0.4) is 0 Å². The van der Waals surface area contributed by atoms with Crippen molar-refractivity contribution in [3.8, 4) is 28.5 Å². The second kappa shape index (κ2) is 15.1. The van der Waals surface area contributed by atoms with Crippen LogP contribution in [0.5, 0.6) is 17.2 Å². The number of guanidine groups is 1. The van der Waals surface area contributed by atoms with Gasteiger partial charge in [0.1, 0.15) is 34.8 Å². The molecule has 4 N–H and O–H groups in total. The van der Waals surface area contributed by atoms with Gasteiger partial charge in [0.05, 0.1) is 11.9 Å². The summed E-state index contributed by atoms with van der Waals surface area (Å²) in [5.74, 6) is 3.03. The summed E-state index contributed by atoms with van der Waals surface area (Å²) in [7, 11) is 1.45. The zero-order chi connectivity index (χ0) is 26.2. The third-order valence-electron chi connectivity index (χ3n) is 4.34. The molecule has 0 aliphatic rings. The minimum atomic E-state index is -0.869. The molecule has 0 atom stereocenters. The zero-order valence-electron chi connectivity index (χ0n) is 20.4. The predicted octanol–water partition coefficient (Wildman–Crippen LogP) is 5.19. The van der Waals surface area contributed by atoms with Crippen LogP contribution >= 0.6 is 0 Å². The van der Waals surface area contributed by atoms with Crippen molar-refractivity contribution in [2.75, 3.05) is 7.05 Å². The standard InChI is InChI=1S/C22H18N2O2.C2H6N4O2.C2H6/c1-3-7-18(8-4-1)25-16-22-23-15-21(24-22)17-11-13-20(14-12-17)26-19-9-5-2-6-10-19;1-4-2(3)5-6(7)8;1-2/h1-15H,16H2,(H,23,24);1H3,(H3,3,4,5);1-2H3.